The van der Waals surface area contributed by atoms with Gasteiger partial charge in [0.1, 0.15) is 10.9 Å². The molecule has 0 radical (unpaired) electrons. The number of benzene rings is 1. The molecule has 184 valence electrons. The molecule has 1 aliphatic heterocycles. The largest absolute Gasteiger partial charge is 0.501 e. The van der Waals surface area contributed by atoms with Crippen molar-refractivity contribution in [1.29, 1.82) is 0 Å². The number of hydrogen-bond donors (Lipinski definition) is 0. The molecule has 2 aromatic rings. The number of hydrogen-bond acceptors (Lipinski definition) is 5. The molecular weight excluding hydrogens is 474 g/mol. The molecule has 0 amide bonds. The molecule has 34 heavy (non-hydrogen) atoms. The molecule has 0 saturated carbocycles. The Kier molecular flexibility index (Phi) is 8.34. The van der Waals surface area contributed by atoms with E-state index in [1.807, 2.05) is 19.3 Å². The second-order valence-electron chi connectivity index (χ2n) is 8.50. The summed E-state index contributed by atoms with van der Waals surface area (Å²) >= 11 is 5.92. The van der Waals surface area contributed by atoms with Crippen molar-refractivity contribution < 1.29 is 17.9 Å². The molecule has 1 fully saturated rings. The molecule has 0 atom stereocenters. The van der Waals surface area contributed by atoms with Gasteiger partial charge in [-0.25, -0.2) is 4.98 Å². The van der Waals surface area contributed by atoms with E-state index in [9.17, 15) is 8.42 Å². The number of halogens is 1. The van der Waals surface area contributed by atoms with Crippen molar-refractivity contribution in [3.05, 3.63) is 59.1 Å². The van der Waals surface area contributed by atoms with Gasteiger partial charge in [-0.2, -0.15) is 12.7 Å². The zero-order valence-electron chi connectivity index (χ0n) is 19.6. The molecule has 1 aromatic heterocycles. The highest BCUT2D eigenvalue weighted by Gasteiger charge is 2.36. The van der Waals surface area contributed by atoms with E-state index in [-0.39, 0.29) is 5.15 Å². The van der Waals surface area contributed by atoms with E-state index >= 15 is 0 Å². The zero-order valence-corrected chi connectivity index (χ0v) is 21.2. The van der Waals surface area contributed by atoms with Crippen molar-refractivity contribution in [1.82, 2.24) is 9.29 Å². The first-order valence-electron chi connectivity index (χ1n) is 11.9. The minimum absolute atomic E-state index is 0.285. The lowest BCUT2D eigenvalue weighted by molar-refractivity contribution is 0.270. The Morgan fingerprint density at radius 3 is 2.82 bits per heavy atom. The van der Waals surface area contributed by atoms with Gasteiger partial charge in [-0.1, -0.05) is 17.7 Å². The van der Waals surface area contributed by atoms with E-state index in [1.54, 1.807) is 16.4 Å². The highest BCUT2D eigenvalue weighted by atomic mass is 35.5. The van der Waals surface area contributed by atoms with Crippen molar-refractivity contribution >= 4 is 33.1 Å². The Labute approximate surface area is 207 Å². The summed E-state index contributed by atoms with van der Waals surface area (Å²) < 4.78 is 40.1. The molecule has 2 heterocycles. The highest BCUT2D eigenvalue weighted by molar-refractivity contribution is 7.90. The zero-order chi connectivity index (χ0) is 24.0. The SMILES string of the molecule is CCOC=C1CCCc2cc(OCCCCCN3CCN(c4ccnc(Cl)c4)S3(=O)=O)ccc21. The fraction of sp³-hybridized carbons (Fsp3) is 0.480. The average molecular weight is 506 g/mol. The molecule has 1 aromatic carbocycles. The smallest absolute Gasteiger partial charge is 0.304 e. The molecule has 1 aliphatic carbocycles. The van der Waals surface area contributed by atoms with Gasteiger partial charge in [-0.15, -0.1) is 0 Å². The normalized spacial score (nSPS) is 18.8. The first-order valence-corrected chi connectivity index (χ1v) is 13.7. The molecule has 0 N–H and O–H groups in total. The molecule has 1 saturated heterocycles. The minimum Gasteiger partial charge on any atom is -0.501 e. The van der Waals surface area contributed by atoms with Crippen molar-refractivity contribution in [2.45, 2.75) is 45.4 Å². The number of aromatic nitrogens is 1. The minimum atomic E-state index is -3.52. The highest BCUT2D eigenvalue weighted by Crippen LogP contribution is 2.33. The van der Waals surface area contributed by atoms with E-state index in [4.69, 9.17) is 21.1 Å². The summed E-state index contributed by atoms with van der Waals surface area (Å²) in [5.41, 5.74) is 4.40. The second kappa shape index (κ2) is 11.4. The van der Waals surface area contributed by atoms with Crippen LogP contribution in [0.5, 0.6) is 5.75 Å². The van der Waals surface area contributed by atoms with Crippen LogP contribution in [0.1, 0.15) is 50.2 Å². The first kappa shape index (κ1) is 24.8. The number of rotatable bonds is 10. The van der Waals surface area contributed by atoms with Gasteiger partial charge in [0.15, 0.2) is 0 Å². The van der Waals surface area contributed by atoms with E-state index in [0.29, 0.717) is 38.5 Å². The van der Waals surface area contributed by atoms with Gasteiger partial charge in [-0.05, 0) is 86.4 Å². The standard InChI is InChI=1S/C25H32ClN3O4S/c1-2-32-19-21-8-6-7-20-17-23(9-10-24(20)21)33-16-5-3-4-13-28-14-15-29(34(28,30)31)22-11-12-27-25(26)18-22/h9-12,17-19H,2-8,13-16H2,1H3. The van der Waals surface area contributed by atoms with Crippen LogP contribution in [-0.4, -0.2) is 50.6 Å². The first-order chi connectivity index (χ1) is 16.5. The summed E-state index contributed by atoms with van der Waals surface area (Å²) in [6.45, 7) is 4.70. The third-order valence-electron chi connectivity index (χ3n) is 6.18. The summed E-state index contributed by atoms with van der Waals surface area (Å²) in [5, 5.41) is 0.285. The van der Waals surface area contributed by atoms with E-state index in [1.165, 1.54) is 27.2 Å². The Bertz CT molecular complexity index is 1120. The van der Waals surface area contributed by atoms with Gasteiger partial charge in [-0.3, -0.25) is 4.31 Å². The monoisotopic (exact) mass is 505 g/mol. The quantitative estimate of drug-likeness (QED) is 0.256. The lowest BCUT2D eigenvalue weighted by Crippen LogP contribution is -2.33. The van der Waals surface area contributed by atoms with E-state index in [2.05, 4.69) is 17.1 Å². The average Bonchev–Trinajstić information content (AvgIpc) is 3.13. The van der Waals surface area contributed by atoms with Crippen molar-refractivity contribution in [2.75, 3.05) is 37.2 Å². The van der Waals surface area contributed by atoms with Gasteiger partial charge in [0.2, 0.25) is 0 Å². The van der Waals surface area contributed by atoms with Gasteiger partial charge in [0.05, 0.1) is 25.2 Å². The number of anilines is 1. The number of unbranched alkanes of at least 4 members (excludes halogenated alkanes) is 2. The second-order valence-corrected chi connectivity index (χ2v) is 10.7. The molecule has 2 aliphatic rings. The van der Waals surface area contributed by atoms with Crippen molar-refractivity contribution in [2.24, 2.45) is 0 Å². The summed E-state index contributed by atoms with van der Waals surface area (Å²) in [7, 11) is -3.52. The number of ether oxygens (including phenoxy) is 2. The third-order valence-corrected chi connectivity index (χ3v) is 8.36. The van der Waals surface area contributed by atoms with E-state index < -0.39 is 10.2 Å². The summed E-state index contributed by atoms with van der Waals surface area (Å²) in [6, 6.07) is 9.55. The van der Waals surface area contributed by atoms with Crippen LogP contribution in [0.15, 0.2) is 42.8 Å². The van der Waals surface area contributed by atoms with Gasteiger partial charge in [0, 0.05) is 25.8 Å². The fourth-order valence-electron chi connectivity index (χ4n) is 4.46. The van der Waals surface area contributed by atoms with Crippen LogP contribution in [0.4, 0.5) is 5.69 Å². The predicted molar refractivity (Wildman–Crippen MR) is 135 cm³/mol. The molecule has 0 spiro atoms. The van der Waals surface area contributed by atoms with Crippen LogP contribution in [0.3, 0.4) is 0 Å². The molecule has 7 nitrogen and oxygen atoms in total. The molecule has 0 bridgehead atoms. The number of fused-ring (bicyclic) bond motifs is 1. The Morgan fingerprint density at radius 2 is 2.00 bits per heavy atom. The maximum absolute atomic E-state index is 12.9. The molecular formula is C25H32ClN3O4S. The summed E-state index contributed by atoms with van der Waals surface area (Å²) in [6.07, 6.45) is 9.23. The maximum Gasteiger partial charge on any atom is 0.304 e. The molecule has 0 unspecified atom stereocenters. The van der Waals surface area contributed by atoms with Crippen LogP contribution in [0, 0.1) is 0 Å². The Balaban J connectivity index is 1.21. The Morgan fingerprint density at radius 1 is 1.12 bits per heavy atom. The number of aryl methyl sites for hydroxylation is 1. The lowest BCUT2D eigenvalue weighted by Gasteiger charge is -2.20. The van der Waals surface area contributed by atoms with Crippen LogP contribution < -0.4 is 9.04 Å². The van der Waals surface area contributed by atoms with Gasteiger partial charge >= 0.3 is 10.2 Å². The fourth-order valence-corrected chi connectivity index (χ4v) is 6.27. The lowest BCUT2D eigenvalue weighted by atomic mass is 9.88. The van der Waals surface area contributed by atoms with Gasteiger partial charge < -0.3 is 9.47 Å². The number of pyridine rings is 1. The van der Waals surface area contributed by atoms with Crippen LogP contribution >= 0.6 is 11.6 Å². The summed E-state index contributed by atoms with van der Waals surface area (Å²) in [5.74, 6) is 0.894. The Hall–Kier alpha value is -2.29. The third kappa shape index (κ3) is 5.85. The molecule has 9 heteroatoms. The number of allylic oxidation sites excluding steroid dienone is 1. The number of nitrogens with zero attached hydrogens (tertiary/aromatic N) is 3. The van der Waals surface area contributed by atoms with Crippen LogP contribution in [0.25, 0.3) is 5.57 Å². The molecule has 4 rings (SSSR count). The van der Waals surface area contributed by atoms with Crippen molar-refractivity contribution in [3.8, 4) is 5.75 Å². The summed E-state index contributed by atoms with van der Waals surface area (Å²) in [4.78, 5) is 3.92. The predicted octanol–water partition coefficient (Wildman–Crippen LogP) is 5.06. The van der Waals surface area contributed by atoms with E-state index in [0.717, 1.165) is 44.3 Å². The van der Waals surface area contributed by atoms with Crippen LogP contribution in [0.2, 0.25) is 5.15 Å². The van der Waals surface area contributed by atoms with Crippen LogP contribution in [-0.2, 0) is 21.4 Å². The maximum atomic E-state index is 12.9. The van der Waals surface area contributed by atoms with Crippen molar-refractivity contribution in [3.63, 3.8) is 0 Å². The van der Waals surface area contributed by atoms with Gasteiger partial charge in [0.25, 0.3) is 0 Å². The topological polar surface area (TPSA) is 72.0 Å².